The number of nitrogens with one attached hydrogen (secondary N) is 1. The van der Waals surface area contributed by atoms with Crippen LogP contribution >= 0.6 is 11.5 Å². The van der Waals surface area contributed by atoms with E-state index in [0.717, 1.165) is 11.5 Å². The molecule has 0 atom stereocenters. The predicted octanol–water partition coefficient (Wildman–Crippen LogP) is 1.32. The molecule has 8 heteroatoms. The predicted molar refractivity (Wildman–Crippen MR) is 74.4 cm³/mol. The first kappa shape index (κ1) is 13.9. The molecule has 0 aliphatic carbocycles. The zero-order chi connectivity index (χ0) is 14.5. The van der Waals surface area contributed by atoms with Crippen LogP contribution in [0.4, 0.5) is 0 Å². The molecule has 2 rings (SSSR count). The highest BCUT2D eigenvalue weighted by Gasteiger charge is 2.12. The van der Waals surface area contributed by atoms with Crippen LogP contribution in [0, 0.1) is 6.92 Å². The molecular weight excluding hydrogens is 280 g/mol. The van der Waals surface area contributed by atoms with E-state index in [-0.39, 0.29) is 5.75 Å². The number of phenolic OH excluding ortho intramolecular Hbond substituents is 1. The van der Waals surface area contributed by atoms with Crippen molar-refractivity contribution in [3.05, 3.63) is 34.3 Å². The summed E-state index contributed by atoms with van der Waals surface area (Å²) in [6, 6.07) is 4.98. The zero-order valence-electron chi connectivity index (χ0n) is 10.8. The Kier molecular flexibility index (Phi) is 4.26. The summed E-state index contributed by atoms with van der Waals surface area (Å²) >= 11 is 0.997. The van der Waals surface area contributed by atoms with Gasteiger partial charge >= 0.3 is 0 Å². The number of phenols is 1. The summed E-state index contributed by atoms with van der Waals surface area (Å²) in [5.41, 5.74) is 3.33. The molecule has 1 aromatic heterocycles. The molecule has 0 saturated carbocycles. The van der Waals surface area contributed by atoms with Crippen molar-refractivity contribution in [3.63, 3.8) is 0 Å². The number of benzene rings is 1. The van der Waals surface area contributed by atoms with Crippen LogP contribution in [-0.2, 0) is 0 Å². The Morgan fingerprint density at radius 3 is 3.00 bits per heavy atom. The van der Waals surface area contributed by atoms with Gasteiger partial charge in [0.05, 0.1) is 19.0 Å². The van der Waals surface area contributed by atoms with Crippen LogP contribution < -0.4 is 10.2 Å². The van der Waals surface area contributed by atoms with Gasteiger partial charge in [0, 0.05) is 5.56 Å². The van der Waals surface area contributed by atoms with Crippen LogP contribution in [0.25, 0.3) is 0 Å². The molecule has 0 aliphatic rings. The Bertz CT molecular complexity index is 654. The third-order valence-electron chi connectivity index (χ3n) is 2.48. The number of aromatic nitrogens is 2. The molecule has 1 heterocycles. The SMILES string of the molecule is COc1cccc(C=NNC(=O)c2snnc2C)c1O. The molecule has 0 aliphatic heterocycles. The monoisotopic (exact) mass is 292 g/mol. The molecule has 20 heavy (non-hydrogen) atoms. The molecule has 0 saturated heterocycles. The number of carbonyl (C=O) groups is 1. The smallest absolute Gasteiger partial charge is 0.285 e. The maximum absolute atomic E-state index is 11.7. The van der Waals surface area contributed by atoms with Gasteiger partial charge in [-0.3, -0.25) is 4.79 Å². The van der Waals surface area contributed by atoms with Gasteiger partial charge in [0.25, 0.3) is 5.91 Å². The number of aromatic hydroxyl groups is 1. The Hall–Kier alpha value is -2.48. The number of aryl methyl sites for hydroxylation is 1. The van der Waals surface area contributed by atoms with Crippen molar-refractivity contribution in [2.24, 2.45) is 5.10 Å². The van der Waals surface area contributed by atoms with Crippen LogP contribution in [-0.4, -0.2) is 33.9 Å². The largest absolute Gasteiger partial charge is 0.504 e. The third-order valence-corrected chi connectivity index (χ3v) is 3.30. The molecule has 0 spiro atoms. The molecule has 1 aromatic carbocycles. The molecule has 1 amide bonds. The van der Waals surface area contributed by atoms with E-state index in [1.54, 1.807) is 25.1 Å². The van der Waals surface area contributed by atoms with E-state index >= 15 is 0 Å². The van der Waals surface area contributed by atoms with Gasteiger partial charge in [-0.05, 0) is 30.6 Å². The van der Waals surface area contributed by atoms with Crippen molar-refractivity contribution < 1.29 is 14.6 Å². The first-order chi connectivity index (χ1) is 9.63. The molecule has 2 aromatic rings. The van der Waals surface area contributed by atoms with Gasteiger partial charge in [0.15, 0.2) is 11.5 Å². The molecule has 7 nitrogen and oxygen atoms in total. The summed E-state index contributed by atoms with van der Waals surface area (Å²) in [4.78, 5) is 12.1. The third kappa shape index (κ3) is 2.91. The molecule has 0 radical (unpaired) electrons. The maximum atomic E-state index is 11.7. The number of nitrogens with zero attached hydrogens (tertiary/aromatic N) is 3. The second-order valence-electron chi connectivity index (χ2n) is 3.78. The van der Waals surface area contributed by atoms with Crippen LogP contribution in [0.3, 0.4) is 0 Å². The van der Waals surface area contributed by atoms with Gasteiger partial charge < -0.3 is 9.84 Å². The summed E-state index contributed by atoms with van der Waals surface area (Å²) in [5, 5.41) is 17.4. The fourth-order valence-electron chi connectivity index (χ4n) is 1.46. The van der Waals surface area contributed by atoms with Crippen LogP contribution in [0.1, 0.15) is 20.9 Å². The standard InChI is InChI=1S/C12H12N4O3S/c1-7-11(20-16-14-7)12(18)15-13-6-8-4-3-5-9(19-2)10(8)17/h3-6,17H,1-2H3,(H,15,18). The quantitative estimate of drug-likeness (QED) is 0.654. The number of ether oxygens (including phenoxy) is 1. The lowest BCUT2D eigenvalue weighted by atomic mass is 10.2. The highest BCUT2D eigenvalue weighted by molar-refractivity contribution is 7.07. The van der Waals surface area contributed by atoms with E-state index in [2.05, 4.69) is 20.1 Å². The van der Waals surface area contributed by atoms with E-state index < -0.39 is 5.91 Å². The number of hydrogen-bond acceptors (Lipinski definition) is 7. The number of hydrazone groups is 1. The van der Waals surface area contributed by atoms with Gasteiger partial charge in [-0.25, -0.2) is 5.43 Å². The van der Waals surface area contributed by atoms with Crippen LogP contribution in [0.15, 0.2) is 23.3 Å². The van der Waals surface area contributed by atoms with Crippen molar-refractivity contribution >= 4 is 23.7 Å². The Morgan fingerprint density at radius 1 is 1.55 bits per heavy atom. The van der Waals surface area contributed by atoms with E-state index in [9.17, 15) is 9.90 Å². The lowest BCUT2D eigenvalue weighted by molar-refractivity contribution is 0.0958. The normalized spacial score (nSPS) is 10.7. The number of methoxy groups -OCH3 is 1. The van der Waals surface area contributed by atoms with E-state index in [0.29, 0.717) is 21.9 Å². The summed E-state index contributed by atoms with van der Waals surface area (Å²) < 4.78 is 8.64. The molecule has 104 valence electrons. The van der Waals surface area contributed by atoms with Crippen molar-refractivity contribution in [3.8, 4) is 11.5 Å². The summed E-state index contributed by atoms with van der Waals surface area (Å²) in [6.07, 6.45) is 1.33. The molecule has 0 fully saturated rings. The minimum absolute atomic E-state index is 0.0383. The van der Waals surface area contributed by atoms with Crippen LogP contribution in [0.2, 0.25) is 0 Å². The van der Waals surface area contributed by atoms with Gasteiger partial charge in [-0.2, -0.15) is 5.10 Å². The lowest BCUT2D eigenvalue weighted by Gasteiger charge is -2.04. The Morgan fingerprint density at radius 2 is 2.35 bits per heavy atom. The van der Waals surface area contributed by atoms with Crippen molar-refractivity contribution in [1.29, 1.82) is 0 Å². The topological polar surface area (TPSA) is 96.7 Å². The van der Waals surface area contributed by atoms with Crippen molar-refractivity contribution in [2.45, 2.75) is 6.92 Å². The van der Waals surface area contributed by atoms with Crippen LogP contribution in [0.5, 0.6) is 11.5 Å². The lowest BCUT2D eigenvalue weighted by Crippen LogP contribution is -2.17. The summed E-state index contributed by atoms with van der Waals surface area (Å²) in [7, 11) is 1.46. The molecule has 2 N–H and O–H groups in total. The minimum atomic E-state index is -0.392. The second kappa shape index (κ2) is 6.11. The van der Waals surface area contributed by atoms with Crippen molar-refractivity contribution in [1.82, 2.24) is 15.0 Å². The highest BCUT2D eigenvalue weighted by Crippen LogP contribution is 2.27. The number of carbonyl (C=O) groups excluding carboxylic acids is 1. The van der Waals surface area contributed by atoms with E-state index in [1.165, 1.54) is 13.3 Å². The maximum Gasteiger partial charge on any atom is 0.285 e. The highest BCUT2D eigenvalue weighted by atomic mass is 32.1. The summed E-state index contributed by atoms with van der Waals surface area (Å²) in [6.45, 7) is 1.69. The van der Waals surface area contributed by atoms with E-state index in [1.807, 2.05) is 0 Å². The second-order valence-corrected chi connectivity index (χ2v) is 4.54. The van der Waals surface area contributed by atoms with Gasteiger partial charge in [-0.15, -0.1) is 5.10 Å². The van der Waals surface area contributed by atoms with Gasteiger partial charge in [0.2, 0.25) is 0 Å². The number of hydrogen-bond donors (Lipinski definition) is 2. The molecule has 0 unspecified atom stereocenters. The number of para-hydroxylation sites is 1. The number of amides is 1. The number of rotatable bonds is 4. The fourth-order valence-corrected chi connectivity index (χ4v) is 2.01. The molecular formula is C12H12N4O3S. The Balaban J connectivity index is 2.08. The first-order valence-electron chi connectivity index (χ1n) is 5.61. The molecule has 0 bridgehead atoms. The van der Waals surface area contributed by atoms with Crippen molar-refractivity contribution in [2.75, 3.05) is 7.11 Å². The van der Waals surface area contributed by atoms with Gasteiger partial charge in [0.1, 0.15) is 4.88 Å². The van der Waals surface area contributed by atoms with E-state index in [4.69, 9.17) is 4.74 Å². The minimum Gasteiger partial charge on any atom is -0.504 e. The fraction of sp³-hybridized carbons (Fsp3) is 0.167. The average molecular weight is 292 g/mol. The zero-order valence-corrected chi connectivity index (χ0v) is 11.6. The average Bonchev–Trinajstić information content (AvgIpc) is 2.87. The summed E-state index contributed by atoms with van der Waals surface area (Å²) in [5.74, 6) is -0.0949. The Labute approximate surface area is 119 Å². The van der Waals surface area contributed by atoms with Gasteiger partial charge in [-0.1, -0.05) is 10.6 Å². The first-order valence-corrected chi connectivity index (χ1v) is 6.39.